The maximum Gasteiger partial charge on any atom is 0.311 e. The number of cyclic esters (lactones) is 1. The van der Waals surface area contributed by atoms with Crippen molar-refractivity contribution >= 4 is 35.2 Å². The molecule has 5 rings (SSSR count). The number of esters is 1. The highest BCUT2D eigenvalue weighted by atomic mass is 32.2. The molecule has 6 atom stereocenters. The Morgan fingerprint density at radius 2 is 1.91 bits per heavy atom. The van der Waals surface area contributed by atoms with Crippen LogP contribution in [0.1, 0.15) is 30.9 Å². The molecule has 7 nitrogen and oxygen atoms in total. The average Bonchev–Trinajstić information content (AvgIpc) is 3.25. The normalized spacial score (nSPS) is 34.2. The number of aryl methyl sites for hydroxylation is 2. The number of rotatable bonds is 3. The number of fused-ring (bicyclic) bond motifs is 2. The first-order valence-corrected chi connectivity index (χ1v) is 13.2. The summed E-state index contributed by atoms with van der Waals surface area (Å²) in [4.78, 5) is 45.0. The van der Waals surface area contributed by atoms with Crippen molar-refractivity contribution in [2.24, 2.45) is 11.8 Å². The summed E-state index contributed by atoms with van der Waals surface area (Å²) in [6.07, 6.45) is 9.57. The van der Waals surface area contributed by atoms with Crippen LogP contribution in [0.15, 0.2) is 42.5 Å². The van der Waals surface area contributed by atoms with Gasteiger partial charge in [-0.3, -0.25) is 14.4 Å². The summed E-state index contributed by atoms with van der Waals surface area (Å²) in [6.45, 7) is 6.14. The number of carbonyl (C=O) groups is 3. The topological polar surface area (TPSA) is 87.2 Å². The Balaban J connectivity index is 1.66. The summed E-state index contributed by atoms with van der Waals surface area (Å²) < 4.78 is 4.66. The Labute approximate surface area is 210 Å². The molecule has 4 aliphatic heterocycles. The monoisotopic (exact) mass is 496 g/mol. The van der Waals surface area contributed by atoms with Crippen LogP contribution in [0.2, 0.25) is 0 Å². The molecule has 1 N–H and O–H groups in total. The van der Waals surface area contributed by atoms with Gasteiger partial charge in [-0.2, -0.15) is 0 Å². The molecule has 1 spiro atoms. The molecule has 186 valence electrons. The fraction of sp³-hybridized carbons (Fsp3) is 0.519. The molecule has 1 aromatic rings. The minimum atomic E-state index is -0.916. The fourth-order valence-corrected chi connectivity index (χ4v) is 8.18. The van der Waals surface area contributed by atoms with Gasteiger partial charge >= 0.3 is 5.97 Å². The highest BCUT2D eigenvalue weighted by Crippen LogP contribution is 2.61. The first kappa shape index (κ1) is 24.1. The van der Waals surface area contributed by atoms with E-state index in [-0.39, 0.29) is 29.6 Å². The zero-order valence-corrected chi connectivity index (χ0v) is 21.2. The third kappa shape index (κ3) is 3.64. The number of hydrogen-bond acceptors (Lipinski definition) is 6. The number of benzene rings is 1. The average molecular weight is 497 g/mol. The van der Waals surface area contributed by atoms with Crippen LogP contribution in [-0.2, 0) is 19.1 Å². The second-order valence-electron chi connectivity index (χ2n) is 9.95. The molecule has 0 radical (unpaired) electrons. The quantitative estimate of drug-likeness (QED) is 0.512. The lowest BCUT2D eigenvalue weighted by Gasteiger charge is -2.38. The molecule has 2 saturated heterocycles. The molecule has 4 heterocycles. The minimum Gasteiger partial charge on any atom is -0.465 e. The Morgan fingerprint density at radius 3 is 2.63 bits per heavy atom. The number of carbonyl (C=O) groups excluding carboxylic acids is 3. The van der Waals surface area contributed by atoms with Gasteiger partial charge in [-0.15, -0.1) is 11.8 Å². The van der Waals surface area contributed by atoms with Gasteiger partial charge in [0.15, 0.2) is 0 Å². The molecular weight excluding hydrogens is 464 g/mol. The van der Waals surface area contributed by atoms with E-state index >= 15 is 0 Å². The molecule has 1 aromatic carbocycles. The lowest BCUT2D eigenvalue weighted by Crippen LogP contribution is -2.56. The van der Waals surface area contributed by atoms with E-state index in [1.165, 1.54) is 16.7 Å². The number of para-hydroxylation sites is 1. The summed E-state index contributed by atoms with van der Waals surface area (Å²) in [5, 5.41) is 9.79. The van der Waals surface area contributed by atoms with Crippen LogP contribution in [0.3, 0.4) is 0 Å². The molecule has 35 heavy (non-hydrogen) atoms. The number of thioether (sulfide) groups is 1. The smallest absolute Gasteiger partial charge is 0.311 e. The Hall–Kier alpha value is -2.58. The van der Waals surface area contributed by atoms with E-state index in [2.05, 4.69) is 6.08 Å². The third-order valence-corrected chi connectivity index (χ3v) is 9.48. The lowest BCUT2D eigenvalue weighted by atomic mass is 9.78. The summed E-state index contributed by atoms with van der Waals surface area (Å²) >= 11 is 1.52. The summed E-state index contributed by atoms with van der Waals surface area (Å²) in [6, 6.07) is 4.53. The first-order valence-electron chi connectivity index (χ1n) is 12.3. The van der Waals surface area contributed by atoms with Crippen LogP contribution in [0.25, 0.3) is 0 Å². The van der Waals surface area contributed by atoms with Crippen molar-refractivity contribution < 1.29 is 24.2 Å². The molecule has 0 aromatic heterocycles. The van der Waals surface area contributed by atoms with Gasteiger partial charge in [0.25, 0.3) is 5.91 Å². The third-order valence-electron chi connectivity index (χ3n) is 7.74. The van der Waals surface area contributed by atoms with Crippen molar-refractivity contribution in [3.63, 3.8) is 0 Å². The van der Waals surface area contributed by atoms with Gasteiger partial charge in [-0.05, 0) is 44.7 Å². The number of likely N-dealkylation sites (tertiary alicyclic amines) is 1. The van der Waals surface area contributed by atoms with Gasteiger partial charge in [0.2, 0.25) is 5.91 Å². The number of ether oxygens (including phenoxy) is 1. The summed E-state index contributed by atoms with van der Waals surface area (Å²) in [7, 11) is 0. The van der Waals surface area contributed by atoms with Crippen LogP contribution in [-0.4, -0.2) is 69.6 Å². The number of amides is 2. The second-order valence-corrected chi connectivity index (χ2v) is 11.4. The maximum atomic E-state index is 14.4. The number of hydrogen-bond donors (Lipinski definition) is 1. The Kier molecular flexibility index (Phi) is 6.30. The predicted octanol–water partition coefficient (Wildman–Crippen LogP) is 2.78. The van der Waals surface area contributed by atoms with E-state index < -0.39 is 28.7 Å². The lowest BCUT2D eigenvalue weighted by molar-refractivity contribution is -0.153. The van der Waals surface area contributed by atoms with Crippen LogP contribution in [0.4, 0.5) is 5.69 Å². The molecule has 1 unspecified atom stereocenters. The van der Waals surface area contributed by atoms with E-state index in [1.807, 2.05) is 50.3 Å². The Bertz CT molecular complexity index is 1100. The van der Waals surface area contributed by atoms with Crippen molar-refractivity contribution in [2.75, 3.05) is 24.7 Å². The molecule has 2 fully saturated rings. The SMILES string of the molecule is Cc1cccc(C)c1N1CC=C[C@]23S[C@H]4/C=C\CCCOC(=O)[C@H]4[C@H]2C(=O)N([C@H](C)CO)C3C1=O. The summed E-state index contributed by atoms with van der Waals surface area (Å²) in [5.41, 5.74) is 2.80. The van der Waals surface area contributed by atoms with Crippen LogP contribution < -0.4 is 4.90 Å². The van der Waals surface area contributed by atoms with Crippen molar-refractivity contribution in [1.82, 2.24) is 4.90 Å². The van der Waals surface area contributed by atoms with Crippen LogP contribution >= 0.6 is 11.8 Å². The predicted molar refractivity (Wildman–Crippen MR) is 135 cm³/mol. The van der Waals surface area contributed by atoms with Crippen LogP contribution in [0, 0.1) is 25.7 Å². The zero-order chi connectivity index (χ0) is 24.9. The maximum absolute atomic E-state index is 14.4. The zero-order valence-electron chi connectivity index (χ0n) is 20.3. The van der Waals surface area contributed by atoms with Gasteiger partial charge in [0.05, 0.1) is 35.8 Å². The van der Waals surface area contributed by atoms with E-state index in [0.717, 1.165) is 29.7 Å². The summed E-state index contributed by atoms with van der Waals surface area (Å²) in [5.74, 6) is -2.23. The van der Waals surface area contributed by atoms with E-state index in [1.54, 1.807) is 11.8 Å². The van der Waals surface area contributed by atoms with Gasteiger partial charge < -0.3 is 19.6 Å². The van der Waals surface area contributed by atoms with E-state index in [0.29, 0.717) is 13.2 Å². The molecule has 2 amide bonds. The number of allylic oxidation sites excluding steroid dienone is 1. The number of aliphatic hydroxyl groups is 1. The first-order chi connectivity index (χ1) is 16.8. The van der Waals surface area contributed by atoms with Crippen molar-refractivity contribution in [3.8, 4) is 0 Å². The molecule has 0 saturated carbocycles. The number of aliphatic hydroxyl groups excluding tert-OH is 1. The largest absolute Gasteiger partial charge is 0.465 e. The van der Waals surface area contributed by atoms with Gasteiger partial charge in [-0.1, -0.05) is 42.5 Å². The van der Waals surface area contributed by atoms with Gasteiger partial charge in [0.1, 0.15) is 6.04 Å². The van der Waals surface area contributed by atoms with Crippen LogP contribution in [0.5, 0.6) is 0 Å². The van der Waals surface area contributed by atoms with Crippen molar-refractivity contribution in [2.45, 2.75) is 55.7 Å². The van der Waals surface area contributed by atoms with Crippen molar-refractivity contribution in [1.29, 1.82) is 0 Å². The molecule has 0 aliphatic carbocycles. The number of nitrogens with zero attached hydrogens (tertiary/aromatic N) is 2. The number of anilines is 1. The molecule has 0 bridgehead atoms. The van der Waals surface area contributed by atoms with Gasteiger partial charge in [-0.25, -0.2) is 0 Å². The minimum absolute atomic E-state index is 0.181. The highest BCUT2D eigenvalue weighted by molar-refractivity contribution is 8.02. The second kappa shape index (κ2) is 9.13. The standard InChI is InChI=1S/C27H32N2O5S/c1-16-9-7-10-17(2)22(16)28-13-8-12-27-21(24(31)29(18(3)15-30)23(27)25(28)32)20-19(35-27)11-5-4-6-14-34-26(20)33/h5,7-12,18-21,23,30H,4,6,13-15H2,1-3H3/b11-5-/t18-,19+,20-,21+,23?,27+/m1/s1. The molecular formula is C27H32N2O5S. The van der Waals surface area contributed by atoms with Gasteiger partial charge in [0, 0.05) is 17.5 Å². The Morgan fingerprint density at radius 1 is 1.17 bits per heavy atom. The molecule has 4 aliphatic rings. The van der Waals surface area contributed by atoms with Crippen molar-refractivity contribution in [3.05, 3.63) is 53.6 Å². The van der Waals surface area contributed by atoms with E-state index in [4.69, 9.17) is 4.74 Å². The fourth-order valence-electron chi connectivity index (χ4n) is 6.19. The highest BCUT2D eigenvalue weighted by Gasteiger charge is 2.71. The molecule has 8 heteroatoms. The van der Waals surface area contributed by atoms with E-state index in [9.17, 15) is 19.5 Å².